The smallest absolute Gasteiger partial charge is 0.126 e. The standard InChI is InChI=1S/C14H22BrNO/c1-8(2)13(16-5)12-10(4)11(15)7-9(3)14(12)17-6/h7-8,13,16H,1-6H3. The van der Waals surface area contributed by atoms with Gasteiger partial charge in [-0.1, -0.05) is 29.8 Å². The molecule has 3 heteroatoms. The van der Waals surface area contributed by atoms with Crippen LogP contribution in [0.3, 0.4) is 0 Å². The summed E-state index contributed by atoms with van der Waals surface area (Å²) in [6, 6.07) is 2.42. The van der Waals surface area contributed by atoms with Crippen LogP contribution in [0.15, 0.2) is 10.5 Å². The summed E-state index contributed by atoms with van der Waals surface area (Å²) >= 11 is 3.62. The highest BCUT2D eigenvalue weighted by molar-refractivity contribution is 9.10. The number of benzene rings is 1. The van der Waals surface area contributed by atoms with E-state index in [1.54, 1.807) is 7.11 Å². The van der Waals surface area contributed by atoms with Crippen LogP contribution in [0.5, 0.6) is 5.75 Å². The van der Waals surface area contributed by atoms with E-state index in [0.29, 0.717) is 12.0 Å². The number of halogens is 1. The zero-order chi connectivity index (χ0) is 13.2. The first kappa shape index (κ1) is 14.5. The molecule has 0 heterocycles. The second-order valence-corrected chi connectivity index (χ2v) is 5.61. The number of nitrogens with one attached hydrogen (secondary N) is 1. The van der Waals surface area contributed by atoms with Crippen LogP contribution in [0.25, 0.3) is 0 Å². The molecule has 0 bridgehead atoms. The average molecular weight is 300 g/mol. The lowest BCUT2D eigenvalue weighted by molar-refractivity contribution is 0.377. The van der Waals surface area contributed by atoms with Crippen LogP contribution in [-0.4, -0.2) is 14.2 Å². The first-order valence-corrected chi connectivity index (χ1v) is 6.74. The van der Waals surface area contributed by atoms with E-state index in [-0.39, 0.29) is 0 Å². The molecule has 1 atom stereocenters. The highest BCUT2D eigenvalue weighted by Crippen LogP contribution is 2.38. The third-order valence-corrected chi connectivity index (χ3v) is 4.02. The first-order chi connectivity index (χ1) is 7.93. The zero-order valence-electron chi connectivity index (χ0n) is 11.5. The van der Waals surface area contributed by atoms with E-state index in [9.17, 15) is 0 Å². The van der Waals surface area contributed by atoms with Gasteiger partial charge in [-0.2, -0.15) is 0 Å². The van der Waals surface area contributed by atoms with Crippen LogP contribution >= 0.6 is 15.9 Å². The van der Waals surface area contributed by atoms with Gasteiger partial charge in [0.15, 0.2) is 0 Å². The van der Waals surface area contributed by atoms with Crippen LogP contribution in [0.4, 0.5) is 0 Å². The van der Waals surface area contributed by atoms with Gasteiger partial charge >= 0.3 is 0 Å². The number of methoxy groups -OCH3 is 1. The monoisotopic (exact) mass is 299 g/mol. The Balaban J connectivity index is 3.47. The maximum absolute atomic E-state index is 5.58. The Morgan fingerprint density at radius 1 is 1.29 bits per heavy atom. The molecule has 0 fully saturated rings. The fourth-order valence-electron chi connectivity index (χ4n) is 2.33. The van der Waals surface area contributed by atoms with Crippen LogP contribution in [-0.2, 0) is 0 Å². The highest BCUT2D eigenvalue weighted by Gasteiger charge is 2.22. The number of rotatable bonds is 4. The Morgan fingerprint density at radius 3 is 2.29 bits per heavy atom. The van der Waals surface area contributed by atoms with Crippen molar-refractivity contribution in [2.75, 3.05) is 14.2 Å². The summed E-state index contributed by atoms with van der Waals surface area (Å²) in [5.41, 5.74) is 3.68. The van der Waals surface area contributed by atoms with Crippen molar-refractivity contribution in [3.63, 3.8) is 0 Å². The molecule has 0 saturated carbocycles. The number of aryl methyl sites for hydroxylation is 1. The predicted molar refractivity (Wildman–Crippen MR) is 76.8 cm³/mol. The number of hydrogen-bond donors (Lipinski definition) is 1. The van der Waals surface area contributed by atoms with Gasteiger partial charge in [-0.25, -0.2) is 0 Å². The fraction of sp³-hybridized carbons (Fsp3) is 0.571. The summed E-state index contributed by atoms with van der Waals surface area (Å²) in [5, 5.41) is 3.39. The Bertz CT molecular complexity index is 402. The lowest BCUT2D eigenvalue weighted by atomic mass is 9.90. The molecule has 0 spiro atoms. The Morgan fingerprint density at radius 2 is 1.88 bits per heavy atom. The predicted octanol–water partition coefficient (Wildman–Crippen LogP) is 3.99. The maximum atomic E-state index is 5.58. The van der Waals surface area contributed by atoms with E-state index in [1.165, 1.54) is 16.7 Å². The molecule has 1 unspecified atom stereocenters. The molecule has 1 N–H and O–H groups in total. The van der Waals surface area contributed by atoms with Crippen molar-refractivity contribution in [2.45, 2.75) is 33.7 Å². The largest absolute Gasteiger partial charge is 0.496 e. The van der Waals surface area contributed by atoms with Crippen molar-refractivity contribution in [1.82, 2.24) is 5.32 Å². The van der Waals surface area contributed by atoms with Crippen LogP contribution in [0.2, 0.25) is 0 Å². The van der Waals surface area contributed by atoms with Crippen molar-refractivity contribution >= 4 is 15.9 Å². The van der Waals surface area contributed by atoms with Gasteiger partial charge in [0, 0.05) is 16.1 Å². The summed E-state index contributed by atoms with van der Waals surface area (Å²) in [7, 11) is 3.74. The molecular weight excluding hydrogens is 278 g/mol. The van der Waals surface area contributed by atoms with Gasteiger partial charge in [0.25, 0.3) is 0 Å². The minimum atomic E-state index is 0.307. The molecule has 1 aromatic carbocycles. The lowest BCUT2D eigenvalue weighted by Crippen LogP contribution is -2.23. The molecule has 0 radical (unpaired) electrons. The van der Waals surface area contributed by atoms with Crippen molar-refractivity contribution in [3.8, 4) is 5.75 Å². The van der Waals surface area contributed by atoms with Crippen LogP contribution in [0.1, 0.15) is 36.6 Å². The second-order valence-electron chi connectivity index (χ2n) is 4.76. The van der Waals surface area contributed by atoms with Crippen molar-refractivity contribution in [3.05, 3.63) is 27.2 Å². The SMILES string of the molecule is CNC(c1c(C)c(Br)cc(C)c1OC)C(C)C. The van der Waals surface area contributed by atoms with Gasteiger partial charge in [-0.05, 0) is 44.0 Å². The highest BCUT2D eigenvalue weighted by atomic mass is 79.9. The van der Waals surface area contributed by atoms with E-state index in [1.807, 2.05) is 7.05 Å². The quantitative estimate of drug-likeness (QED) is 0.908. The molecule has 0 aliphatic carbocycles. The van der Waals surface area contributed by atoms with Crippen molar-refractivity contribution in [1.29, 1.82) is 0 Å². The van der Waals surface area contributed by atoms with E-state index in [2.05, 4.69) is 55.0 Å². The Hall–Kier alpha value is -0.540. The van der Waals surface area contributed by atoms with Gasteiger partial charge in [-0.15, -0.1) is 0 Å². The summed E-state index contributed by atoms with van der Waals surface area (Å²) in [4.78, 5) is 0. The van der Waals surface area contributed by atoms with Crippen molar-refractivity contribution in [2.24, 2.45) is 5.92 Å². The summed E-state index contributed by atoms with van der Waals surface area (Å²) in [6.07, 6.45) is 0. The molecule has 1 aromatic rings. The molecule has 17 heavy (non-hydrogen) atoms. The van der Waals surface area contributed by atoms with E-state index in [0.717, 1.165) is 10.2 Å². The normalized spacial score (nSPS) is 12.9. The average Bonchev–Trinajstić information content (AvgIpc) is 2.25. The van der Waals surface area contributed by atoms with Gasteiger partial charge in [-0.3, -0.25) is 0 Å². The van der Waals surface area contributed by atoms with Crippen molar-refractivity contribution < 1.29 is 4.74 Å². The second kappa shape index (κ2) is 5.87. The number of hydrogen-bond acceptors (Lipinski definition) is 2. The minimum absolute atomic E-state index is 0.307. The molecule has 0 aliphatic heterocycles. The Labute approximate surface area is 113 Å². The molecule has 0 aliphatic rings. The third kappa shape index (κ3) is 2.83. The van der Waals surface area contributed by atoms with Crippen LogP contribution in [0, 0.1) is 19.8 Å². The molecular formula is C14H22BrNO. The van der Waals surface area contributed by atoms with Crippen LogP contribution < -0.4 is 10.1 Å². The minimum Gasteiger partial charge on any atom is -0.496 e. The molecule has 2 nitrogen and oxygen atoms in total. The maximum Gasteiger partial charge on any atom is 0.126 e. The van der Waals surface area contributed by atoms with E-state index in [4.69, 9.17) is 4.74 Å². The molecule has 1 rings (SSSR count). The van der Waals surface area contributed by atoms with E-state index < -0.39 is 0 Å². The Kier molecular flexibility index (Phi) is 5.02. The lowest BCUT2D eigenvalue weighted by Gasteiger charge is -2.26. The molecule has 0 saturated heterocycles. The third-order valence-electron chi connectivity index (χ3n) is 3.20. The molecule has 0 amide bonds. The molecule has 96 valence electrons. The fourth-order valence-corrected chi connectivity index (χ4v) is 2.89. The first-order valence-electron chi connectivity index (χ1n) is 5.94. The zero-order valence-corrected chi connectivity index (χ0v) is 13.1. The number of ether oxygens (including phenoxy) is 1. The molecule has 0 aromatic heterocycles. The summed E-state index contributed by atoms with van der Waals surface area (Å²) < 4.78 is 6.73. The summed E-state index contributed by atoms with van der Waals surface area (Å²) in [6.45, 7) is 8.65. The van der Waals surface area contributed by atoms with Gasteiger partial charge in [0.05, 0.1) is 7.11 Å². The topological polar surface area (TPSA) is 21.3 Å². The summed E-state index contributed by atoms with van der Waals surface area (Å²) in [5.74, 6) is 1.51. The van der Waals surface area contributed by atoms with Gasteiger partial charge in [0.2, 0.25) is 0 Å². The van der Waals surface area contributed by atoms with Gasteiger partial charge < -0.3 is 10.1 Å². The van der Waals surface area contributed by atoms with Gasteiger partial charge in [0.1, 0.15) is 5.75 Å². The van der Waals surface area contributed by atoms with E-state index >= 15 is 0 Å².